The zero-order valence-electron chi connectivity index (χ0n) is 19.8. The van der Waals surface area contributed by atoms with Crippen molar-refractivity contribution in [2.45, 2.75) is 12.7 Å². The molecule has 0 bridgehead atoms. The lowest BCUT2D eigenvalue weighted by molar-refractivity contribution is 0.157. The number of nitrogens with zero attached hydrogens (tertiary/aromatic N) is 3. The van der Waals surface area contributed by atoms with Gasteiger partial charge in [0, 0.05) is 28.7 Å². The second kappa shape index (κ2) is 10.3. The Morgan fingerprint density at radius 2 is 1.65 bits per heavy atom. The quantitative estimate of drug-likeness (QED) is 0.251. The van der Waals surface area contributed by atoms with Crippen molar-refractivity contribution in [1.29, 1.82) is 0 Å². The summed E-state index contributed by atoms with van der Waals surface area (Å²) in [6.45, 7) is 0.217. The van der Waals surface area contributed by atoms with E-state index >= 15 is 0 Å². The lowest BCUT2D eigenvalue weighted by Gasteiger charge is -2.43. The molecular weight excluding hydrogens is 486 g/mol. The minimum absolute atomic E-state index is 0.217. The maximum absolute atomic E-state index is 12.7. The molecule has 0 saturated carbocycles. The highest BCUT2D eigenvalue weighted by molar-refractivity contribution is 7.77. The number of hydrogen-bond donors (Lipinski definition) is 3. The van der Waals surface area contributed by atoms with Crippen LogP contribution < -0.4 is 11.5 Å². The maximum Gasteiger partial charge on any atom is 0.330 e. The number of anilines is 1. The van der Waals surface area contributed by atoms with Crippen molar-refractivity contribution in [1.82, 2.24) is 14.2 Å². The van der Waals surface area contributed by atoms with Gasteiger partial charge in [-0.05, 0) is 41.0 Å². The first-order chi connectivity index (χ1) is 18.0. The molecule has 2 amide bonds. The number of pyridine rings is 1. The predicted octanol–water partition coefficient (Wildman–Crippen LogP) is 4.86. The molecule has 3 aromatic carbocycles. The van der Waals surface area contributed by atoms with Crippen LogP contribution in [0, 0.1) is 0 Å². The van der Waals surface area contributed by atoms with Crippen LogP contribution >= 0.6 is 0 Å². The Balaban J connectivity index is 1.83. The standard InChI is InChI=1S/C28H25N5O3S/c29-24-15-5-4-13-23(24)25-17-20-11-8-14-22(19-9-2-1-3-10-19)26(20)27(33(28(30)34)37(35)36)32(25)18-21-12-6-7-16-31-21/h1-17,27H,18,29H2,(H2,30,34)(H,35,36). The minimum atomic E-state index is -2.72. The summed E-state index contributed by atoms with van der Waals surface area (Å²) in [5.41, 5.74) is 17.9. The van der Waals surface area contributed by atoms with E-state index in [2.05, 4.69) is 4.98 Å². The highest BCUT2D eigenvalue weighted by atomic mass is 32.2. The summed E-state index contributed by atoms with van der Waals surface area (Å²) >= 11 is -2.72. The van der Waals surface area contributed by atoms with Gasteiger partial charge in [0.2, 0.25) is 0 Å². The number of carbonyl (C=O) groups is 1. The summed E-state index contributed by atoms with van der Waals surface area (Å²) < 4.78 is 23.8. The molecule has 1 aliphatic rings. The van der Waals surface area contributed by atoms with E-state index in [1.807, 2.05) is 95.9 Å². The highest BCUT2D eigenvalue weighted by Crippen LogP contribution is 2.46. The number of urea groups is 1. The van der Waals surface area contributed by atoms with E-state index in [1.54, 1.807) is 12.3 Å². The number of aromatic nitrogens is 1. The van der Waals surface area contributed by atoms with Crippen molar-refractivity contribution in [2.75, 3.05) is 5.73 Å². The number of nitrogen functional groups attached to an aromatic ring is 1. The van der Waals surface area contributed by atoms with Gasteiger partial charge in [-0.2, -0.15) is 4.31 Å². The number of nitrogens with two attached hydrogens (primary N) is 2. The van der Waals surface area contributed by atoms with E-state index in [0.29, 0.717) is 28.2 Å². The Morgan fingerprint density at radius 3 is 2.32 bits per heavy atom. The first kappa shape index (κ1) is 24.2. The number of benzene rings is 3. The maximum atomic E-state index is 12.7. The lowest BCUT2D eigenvalue weighted by Crippen LogP contribution is -2.48. The zero-order chi connectivity index (χ0) is 25.9. The van der Waals surface area contributed by atoms with Crippen LogP contribution in [-0.4, -0.2) is 29.0 Å². The van der Waals surface area contributed by atoms with Crippen LogP contribution in [-0.2, 0) is 17.8 Å². The average Bonchev–Trinajstić information content (AvgIpc) is 2.90. The van der Waals surface area contributed by atoms with Gasteiger partial charge < -0.3 is 16.4 Å². The monoisotopic (exact) mass is 511 g/mol. The Bertz CT molecular complexity index is 1480. The second-order valence-corrected chi connectivity index (χ2v) is 9.36. The van der Waals surface area contributed by atoms with Crippen LogP contribution in [0.1, 0.15) is 28.6 Å². The van der Waals surface area contributed by atoms with E-state index in [0.717, 1.165) is 21.0 Å². The van der Waals surface area contributed by atoms with Crippen molar-refractivity contribution >= 4 is 34.8 Å². The molecule has 1 aliphatic heterocycles. The van der Waals surface area contributed by atoms with E-state index in [1.165, 1.54) is 0 Å². The summed E-state index contributed by atoms with van der Waals surface area (Å²) in [6, 6.07) is 27.3. The molecule has 186 valence electrons. The predicted molar refractivity (Wildman–Crippen MR) is 145 cm³/mol. The number of fused-ring (bicyclic) bond motifs is 1. The Labute approximate surface area is 217 Å². The summed E-state index contributed by atoms with van der Waals surface area (Å²) in [7, 11) is 0. The van der Waals surface area contributed by atoms with Crippen LogP contribution in [0.5, 0.6) is 0 Å². The van der Waals surface area contributed by atoms with Crippen LogP contribution in [0.3, 0.4) is 0 Å². The van der Waals surface area contributed by atoms with Crippen LogP contribution in [0.4, 0.5) is 10.5 Å². The van der Waals surface area contributed by atoms with Crippen molar-refractivity contribution < 1.29 is 13.6 Å². The molecule has 2 atom stereocenters. The van der Waals surface area contributed by atoms with E-state index < -0.39 is 23.5 Å². The van der Waals surface area contributed by atoms with Gasteiger partial charge in [0.15, 0.2) is 0 Å². The van der Waals surface area contributed by atoms with Gasteiger partial charge in [-0.3, -0.25) is 9.54 Å². The third kappa shape index (κ3) is 4.69. The highest BCUT2D eigenvalue weighted by Gasteiger charge is 2.40. The van der Waals surface area contributed by atoms with Crippen molar-refractivity contribution in [3.05, 3.63) is 120 Å². The molecular formula is C28H25N5O3S. The molecule has 0 saturated heterocycles. The normalized spacial score (nSPS) is 15.4. The first-order valence-corrected chi connectivity index (χ1v) is 12.6. The van der Waals surface area contributed by atoms with Crippen LogP contribution in [0.15, 0.2) is 97.2 Å². The first-order valence-electron chi connectivity index (χ1n) is 11.6. The third-order valence-electron chi connectivity index (χ3n) is 6.28. The molecule has 5 N–H and O–H groups in total. The number of carbonyl (C=O) groups excluding carboxylic acids is 1. The van der Waals surface area contributed by atoms with Gasteiger partial charge in [-0.1, -0.05) is 72.8 Å². The number of hydrogen-bond acceptors (Lipinski definition) is 5. The smallest absolute Gasteiger partial charge is 0.330 e. The molecule has 2 heterocycles. The topological polar surface area (TPSA) is 126 Å². The van der Waals surface area contributed by atoms with Gasteiger partial charge in [0.25, 0.3) is 11.3 Å². The molecule has 2 unspecified atom stereocenters. The molecule has 5 rings (SSSR count). The molecule has 8 nitrogen and oxygen atoms in total. The fraction of sp³-hybridized carbons (Fsp3) is 0.0714. The molecule has 4 aromatic rings. The fourth-order valence-corrected chi connectivity index (χ4v) is 5.26. The van der Waals surface area contributed by atoms with E-state index in [4.69, 9.17) is 11.5 Å². The summed E-state index contributed by atoms with van der Waals surface area (Å²) in [5.74, 6) is 0. The van der Waals surface area contributed by atoms with Crippen LogP contribution in [0.25, 0.3) is 22.9 Å². The summed E-state index contributed by atoms with van der Waals surface area (Å²) in [4.78, 5) is 19.0. The van der Waals surface area contributed by atoms with E-state index in [9.17, 15) is 13.6 Å². The Morgan fingerprint density at radius 1 is 0.946 bits per heavy atom. The minimum Gasteiger partial charge on any atom is -0.398 e. The number of para-hydroxylation sites is 1. The number of rotatable bonds is 6. The fourth-order valence-electron chi connectivity index (χ4n) is 4.71. The second-order valence-electron chi connectivity index (χ2n) is 8.51. The van der Waals surface area contributed by atoms with Gasteiger partial charge in [0.1, 0.15) is 6.17 Å². The van der Waals surface area contributed by atoms with Gasteiger partial charge >= 0.3 is 6.03 Å². The molecule has 0 spiro atoms. The largest absolute Gasteiger partial charge is 0.398 e. The summed E-state index contributed by atoms with van der Waals surface area (Å²) in [5, 5.41) is 0. The van der Waals surface area contributed by atoms with Gasteiger partial charge in [0.05, 0.1) is 12.2 Å². The SMILES string of the molecule is NC(=O)N(C1c2c(cccc2-c2ccccc2)C=C(c2ccccc2N)N1Cc1ccccn1)S(=O)O. The number of primary amides is 1. The van der Waals surface area contributed by atoms with E-state index in [-0.39, 0.29) is 6.54 Å². The van der Waals surface area contributed by atoms with Gasteiger partial charge in [-0.25, -0.2) is 9.00 Å². The van der Waals surface area contributed by atoms with Gasteiger partial charge in [-0.15, -0.1) is 0 Å². The molecule has 9 heteroatoms. The van der Waals surface area contributed by atoms with Crippen molar-refractivity contribution in [2.24, 2.45) is 5.73 Å². The third-order valence-corrected chi connectivity index (χ3v) is 7.00. The van der Waals surface area contributed by atoms with Crippen molar-refractivity contribution in [3.63, 3.8) is 0 Å². The van der Waals surface area contributed by atoms with Crippen LogP contribution in [0.2, 0.25) is 0 Å². The molecule has 37 heavy (non-hydrogen) atoms. The Hall–Kier alpha value is -4.47. The zero-order valence-corrected chi connectivity index (χ0v) is 20.6. The molecule has 1 aromatic heterocycles. The lowest BCUT2D eigenvalue weighted by atomic mass is 9.88. The molecule has 0 fully saturated rings. The number of amides is 2. The molecule has 0 radical (unpaired) electrons. The van der Waals surface area contributed by atoms with Crippen molar-refractivity contribution in [3.8, 4) is 11.1 Å². The molecule has 0 aliphatic carbocycles. The Kier molecular flexibility index (Phi) is 6.72. The summed E-state index contributed by atoms with van der Waals surface area (Å²) in [6.07, 6.45) is 2.62. The average molecular weight is 512 g/mol.